The molecule has 1 amide bonds. The Balaban J connectivity index is 1.94. The molecule has 0 bridgehead atoms. The van der Waals surface area contributed by atoms with Gasteiger partial charge in [0.15, 0.2) is 5.96 Å². The van der Waals surface area contributed by atoms with Gasteiger partial charge in [0.1, 0.15) is 5.60 Å². The molecule has 2 fully saturated rings. The van der Waals surface area contributed by atoms with Crippen molar-refractivity contribution in [2.24, 2.45) is 10.9 Å². The summed E-state index contributed by atoms with van der Waals surface area (Å²) in [5, 5.41) is 6.41. The lowest BCUT2D eigenvalue weighted by Crippen LogP contribution is -2.48. The van der Waals surface area contributed by atoms with E-state index in [-0.39, 0.29) is 12.1 Å². The van der Waals surface area contributed by atoms with Crippen LogP contribution in [0.2, 0.25) is 0 Å². The van der Waals surface area contributed by atoms with Crippen LogP contribution < -0.4 is 10.6 Å². The van der Waals surface area contributed by atoms with Gasteiger partial charge >= 0.3 is 6.09 Å². The van der Waals surface area contributed by atoms with Crippen molar-refractivity contribution < 1.29 is 14.3 Å². The molecule has 8 nitrogen and oxygen atoms in total. The molecule has 2 saturated heterocycles. The van der Waals surface area contributed by atoms with E-state index in [9.17, 15) is 4.79 Å². The molecule has 0 aliphatic carbocycles. The highest BCUT2D eigenvalue weighted by Gasteiger charge is 2.29. The zero-order valence-corrected chi connectivity index (χ0v) is 19.2. The fraction of sp³-hybridized carbons (Fsp3) is 0.905. The summed E-state index contributed by atoms with van der Waals surface area (Å²) in [5.74, 6) is 1.46. The highest BCUT2D eigenvalue weighted by Crippen LogP contribution is 2.15. The SMILES string of the molecule is CCNC(=NCC(C(C)C)N1CCOCC1)N1CCC(NC(=O)OC(C)(C)C)C1. The summed E-state index contributed by atoms with van der Waals surface area (Å²) in [4.78, 5) is 21.8. The van der Waals surface area contributed by atoms with Crippen LogP contribution in [0.1, 0.15) is 48.0 Å². The van der Waals surface area contributed by atoms with E-state index in [2.05, 4.69) is 41.2 Å². The molecule has 0 spiro atoms. The largest absolute Gasteiger partial charge is 0.444 e. The van der Waals surface area contributed by atoms with Gasteiger partial charge in [-0.15, -0.1) is 0 Å². The number of guanidine groups is 1. The van der Waals surface area contributed by atoms with Crippen LogP contribution in [0.4, 0.5) is 4.79 Å². The molecule has 8 heteroatoms. The molecule has 2 atom stereocenters. The number of rotatable bonds is 6. The zero-order valence-electron chi connectivity index (χ0n) is 19.2. The molecule has 0 aromatic heterocycles. The summed E-state index contributed by atoms with van der Waals surface area (Å²) in [6.45, 7) is 19.0. The second kappa shape index (κ2) is 11.0. The summed E-state index contributed by atoms with van der Waals surface area (Å²) in [7, 11) is 0. The Bertz CT molecular complexity index is 541. The quantitative estimate of drug-likeness (QED) is 0.514. The minimum Gasteiger partial charge on any atom is -0.444 e. The van der Waals surface area contributed by atoms with Crippen molar-refractivity contribution in [3.8, 4) is 0 Å². The number of nitrogens with zero attached hydrogens (tertiary/aromatic N) is 3. The Hall–Kier alpha value is -1.54. The summed E-state index contributed by atoms with van der Waals surface area (Å²) in [6, 6.07) is 0.486. The topological polar surface area (TPSA) is 78.4 Å². The number of nitrogens with one attached hydrogen (secondary N) is 2. The molecule has 2 aliphatic heterocycles. The number of ether oxygens (including phenoxy) is 2. The first-order valence-corrected chi connectivity index (χ1v) is 11.0. The lowest BCUT2D eigenvalue weighted by atomic mass is 10.0. The minimum atomic E-state index is -0.482. The Morgan fingerprint density at radius 1 is 1.24 bits per heavy atom. The third-order valence-corrected chi connectivity index (χ3v) is 5.26. The maximum atomic E-state index is 12.1. The maximum absolute atomic E-state index is 12.1. The standard InChI is InChI=1S/C21H41N5O3/c1-7-22-19(23-14-18(16(2)3)25-10-12-28-13-11-25)26-9-8-17(15-26)24-20(27)29-21(4,5)6/h16-18H,7-15H2,1-6H3,(H,22,23)(H,24,27). The van der Waals surface area contributed by atoms with Gasteiger partial charge < -0.3 is 25.0 Å². The number of likely N-dealkylation sites (tertiary alicyclic amines) is 1. The number of aliphatic imine (C=N–C) groups is 1. The summed E-state index contributed by atoms with van der Waals surface area (Å²) in [6.07, 6.45) is 0.541. The molecule has 0 aromatic rings. The molecule has 2 unspecified atom stereocenters. The molecule has 2 N–H and O–H groups in total. The second-order valence-corrected chi connectivity index (χ2v) is 9.23. The molecule has 0 radical (unpaired) electrons. The van der Waals surface area contributed by atoms with Crippen molar-refractivity contribution in [2.45, 2.75) is 65.6 Å². The van der Waals surface area contributed by atoms with Crippen LogP contribution in [-0.4, -0.2) is 92.0 Å². The minimum absolute atomic E-state index is 0.0776. The molecular weight excluding hydrogens is 370 g/mol. The highest BCUT2D eigenvalue weighted by molar-refractivity contribution is 5.80. The first-order chi connectivity index (χ1) is 13.7. The van der Waals surface area contributed by atoms with Crippen LogP contribution in [0.3, 0.4) is 0 Å². The van der Waals surface area contributed by atoms with Gasteiger partial charge in [-0.2, -0.15) is 0 Å². The fourth-order valence-electron chi connectivity index (χ4n) is 3.81. The third-order valence-electron chi connectivity index (χ3n) is 5.26. The van der Waals surface area contributed by atoms with Crippen LogP contribution in [0.5, 0.6) is 0 Å². The number of hydrogen-bond donors (Lipinski definition) is 2. The zero-order chi connectivity index (χ0) is 21.4. The van der Waals surface area contributed by atoms with Gasteiger partial charge in [-0.25, -0.2) is 4.79 Å². The lowest BCUT2D eigenvalue weighted by molar-refractivity contribution is 0.00863. The summed E-state index contributed by atoms with van der Waals surface area (Å²) in [5.41, 5.74) is -0.482. The number of alkyl carbamates (subject to hydrolysis) is 1. The monoisotopic (exact) mass is 411 g/mol. The number of carbonyl (C=O) groups excluding carboxylic acids is 1. The summed E-state index contributed by atoms with van der Waals surface area (Å²) >= 11 is 0. The Labute approximate surface area is 176 Å². The Kier molecular flexibility index (Phi) is 9.02. The number of amides is 1. The molecule has 168 valence electrons. The van der Waals surface area contributed by atoms with Crippen molar-refractivity contribution >= 4 is 12.1 Å². The van der Waals surface area contributed by atoms with E-state index in [1.807, 2.05) is 20.8 Å². The number of carbonyl (C=O) groups is 1. The van der Waals surface area contributed by atoms with Crippen LogP contribution in [0.25, 0.3) is 0 Å². The van der Waals surface area contributed by atoms with Gasteiger partial charge in [0.2, 0.25) is 0 Å². The van der Waals surface area contributed by atoms with Crippen LogP contribution in [-0.2, 0) is 9.47 Å². The maximum Gasteiger partial charge on any atom is 0.407 e. The number of morpholine rings is 1. The van der Waals surface area contributed by atoms with Crippen molar-refractivity contribution in [2.75, 3.05) is 52.5 Å². The first-order valence-electron chi connectivity index (χ1n) is 11.0. The van der Waals surface area contributed by atoms with E-state index in [1.54, 1.807) is 0 Å². The lowest BCUT2D eigenvalue weighted by Gasteiger charge is -2.36. The predicted octanol–water partition coefficient (Wildman–Crippen LogP) is 1.91. The van der Waals surface area contributed by atoms with Crippen LogP contribution in [0.15, 0.2) is 4.99 Å². The normalized spacial score (nSPS) is 22.7. The van der Waals surface area contributed by atoms with E-state index in [0.29, 0.717) is 12.0 Å². The molecule has 2 heterocycles. The van der Waals surface area contributed by atoms with E-state index >= 15 is 0 Å². The molecular formula is C21H41N5O3. The molecule has 29 heavy (non-hydrogen) atoms. The van der Waals surface area contributed by atoms with Gasteiger partial charge in [-0.05, 0) is 40.0 Å². The summed E-state index contributed by atoms with van der Waals surface area (Å²) < 4.78 is 10.9. The van der Waals surface area contributed by atoms with Crippen molar-refractivity contribution in [3.63, 3.8) is 0 Å². The van der Waals surface area contributed by atoms with E-state index < -0.39 is 5.60 Å². The van der Waals surface area contributed by atoms with Gasteiger partial charge in [0, 0.05) is 38.8 Å². The van der Waals surface area contributed by atoms with E-state index in [0.717, 1.165) is 64.9 Å². The molecule has 2 rings (SSSR count). The molecule has 0 saturated carbocycles. The van der Waals surface area contributed by atoms with E-state index in [4.69, 9.17) is 14.5 Å². The van der Waals surface area contributed by atoms with Gasteiger partial charge in [0.05, 0.1) is 25.8 Å². The fourth-order valence-corrected chi connectivity index (χ4v) is 3.81. The van der Waals surface area contributed by atoms with Gasteiger partial charge in [-0.3, -0.25) is 9.89 Å². The molecule has 0 aromatic carbocycles. The average molecular weight is 412 g/mol. The van der Waals surface area contributed by atoms with Crippen molar-refractivity contribution in [1.82, 2.24) is 20.4 Å². The van der Waals surface area contributed by atoms with Crippen molar-refractivity contribution in [1.29, 1.82) is 0 Å². The predicted molar refractivity (Wildman–Crippen MR) is 116 cm³/mol. The third kappa shape index (κ3) is 8.01. The average Bonchev–Trinajstić information content (AvgIpc) is 3.08. The van der Waals surface area contributed by atoms with Gasteiger partial charge in [0.25, 0.3) is 0 Å². The molecule has 2 aliphatic rings. The van der Waals surface area contributed by atoms with Crippen molar-refractivity contribution in [3.05, 3.63) is 0 Å². The highest BCUT2D eigenvalue weighted by atomic mass is 16.6. The van der Waals surface area contributed by atoms with E-state index in [1.165, 1.54) is 0 Å². The smallest absolute Gasteiger partial charge is 0.407 e. The second-order valence-electron chi connectivity index (χ2n) is 9.23. The Morgan fingerprint density at radius 3 is 2.52 bits per heavy atom. The van der Waals surface area contributed by atoms with Crippen LogP contribution in [0, 0.1) is 5.92 Å². The van der Waals surface area contributed by atoms with Crippen LogP contribution >= 0.6 is 0 Å². The Morgan fingerprint density at radius 2 is 1.93 bits per heavy atom. The van der Waals surface area contributed by atoms with Gasteiger partial charge in [-0.1, -0.05) is 13.8 Å². The number of hydrogen-bond acceptors (Lipinski definition) is 5. The first kappa shape index (κ1) is 23.7.